The van der Waals surface area contributed by atoms with E-state index in [4.69, 9.17) is 23.5 Å². The van der Waals surface area contributed by atoms with Crippen LogP contribution in [0.4, 0.5) is 4.39 Å². The van der Waals surface area contributed by atoms with Crippen molar-refractivity contribution in [3.63, 3.8) is 0 Å². The summed E-state index contributed by atoms with van der Waals surface area (Å²) in [7, 11) is 1.79. The predicted octanol–water partition coefficient (Wildman–Crippen LogP) is 8.12. The van der Waals surface area contributed by atoms with Crippen molar-refractivity contribution in [1.82, 2.24) is 14.2 Å². The molecule has 0 aliphatic carbocycles. The third kappa shape index (κ3) is 9.70. The number of carbonyl (C=O) groups is 1. The Kier molecular flexibility index (Phi) is 14.4. The molecule has 1 unspecified atom stereocenters. The van der Waals surface area contributed by atoms with Gasteiger partial charge in [-0.05, 0) is 60.7 Å². The van der Waals surface area contributed by atoms with Crippen molar-refractivity contribution in [2.45, 2.75) is 50.0 Å². The molecule has 310 valence electrons. The van der Waals surface area contributed by atoms with E-state index in [1.165, 1.54) is 18.0 Å². The number of nitrogens with one attached hydrogen (secondary N) is 1. The van der Waals surface area contributed by atoms with Crippen LogP contribution < -0.4 is 20.7 Å². The molecule has 0 bridgehead atoms. The number of aromatic amines is 1. The first kappa shape index (κ1) is 42.8. The van der Waals surface area contributed by atoms with Crippen LogP contribution in [0.3, 0.4) is 0 Å². The van der Waals surface area contributed by atoms with Gasteiger partial charge < -0.3 is 23.5 Å². The van der Waals surface area contributed by atoms with Crippen molar-refractivity contribution in [2.75, 3.05) is 45.4 Å². The number of hydrogen-bond donors (Lipinski definition) is 1. The van der Waals surface area contributed by atoms with Crippen molar-refractivity contribution in [1.29, 1.82) is 0 Å². The largest absolute Gasteiger partial charge is 0.497 e. The molecule has 0 amide bonds. The molecule has 2 fully saturated rings. The Morgan fingerprint density at radius 2 is 1.42 bits per heavy atom. The van der Waals surface area contributed by atoms with Gasteiger partial charge in [0.1, 0.15) is 29.3 Å². The van der Waals surface area contributed by atoms with E-state index in [9.17, 15) is 14.4 Å². The van der Waals surface area contributed by atoms with Crippen molar-refractivity contribution in [3.8, 4) is 11.5 Å². The number of ether oxygens (including phenoxy) is 4. The summed E-state index contributed by atoms with van der Waals surface area (Å²) < 4.78 is 52.1. The maximum atomic E-state index is 17.2. The molecule has 59 heavy (non-hydrogen) atoms. The number of nitrogens with zero attached hydrogens (tertiary/aromatic N) is 2. The van der Waals surface area contributed by atoms with E-state index < -0.39 is 49.0 Å². The van der Waals surface area contributed by atoms with Gasteiger partial charge in [0, 0.05) is 41.9 Å². The summed E-state index contributed by atoms with van der Waals surface area (Å²) in [5, 5.41) is -0.0112. The smallest absolute Gasteiger partial charge is 0.330 e. The number of hydrogen-bond acceptors (Lipinski definition) is 11. The maximum Gasteiger partial charge on any atom is 0.330 e. The quantitative estimate of drug-likeness (QED) is 0.0555. The minimum atomic E-state index is -1.82. The molecule has 0 saturated carbocycles. The fourth-order valence-electron chi connectivity index (χ4n) is 7.29. The van der Waals surface area contributed by atoms with Gasteiger partial charge in [0.25, 0.3) is 5.56 Å². The topological polar surface area (TPSA) is 121 Å². The molecule has 7 rings (SSSR count). The number of halogens is 1. The summed E-state index contributed by atoms with van der Waals surface area (Å²) in [6.45, 7) is 2.97. The number of methoxy groups -OCH3 is 2. The monoisotopic (exact) mass is 859 g/mol. The number of aryl methyl sites for hydroxylation is 1. The van der Waals surface area contributed by atoms with E-state index in [-0.39, 0.29) is 17.3 Å². The Hall–Kier alpha value is -4.27. The minimum absolute atomic E-state index is 0.0112. The van der Waals surface area contributed by atoms with E-state index in [1.807, 2.05) is 97.1 Å². The van der Waals surface area contributed by atoms with Gasteiger partial charge in [-0.15, -0.1) is 0 Å². The average molecular weight is 860 g/mol. The third-order valence-electron chi connectivity index (χ3n) is 10.4. The van der Waals surface area contributed by atoms with E-state index >= 15 is 4.39 Å². The first-order chi connectivity index (χ1) is 28.7. The zero-order valence-corrected chi connectivity index (χ0v) is 35.6. The fraction of sp³-hybridized carbons (Fsp3) is 0.341. The Morgan fingerprint density at radius 1 is 0.847 bits per heavy atom. The van der Waals surface area contributed by atoms with Crippen molar-refractivity contribution >= 4 is 35.8 Å². The molecule has 1 aromatic heterocycles. The lowest BCUT2D eigenvalue weighted by atomic mass is 9.80. The van der Waals surface area contributed by atoms with Crippen LogP contribution in [0.1, 0.15) is 51.7 Å². The molecule has 5 atom stereocenters. The fourth-order valence-corrected chi connectivity index (χ4v) is 12.6. The molecule has 2 aliphatic heterocycles. The summed E-state index contributed by atoms with van der Waals surface area (Å²) in [5.74, 6) is 2.46. The van der Waals surface area contributed by atoms with E-state index in [0.29, 0.717) is 28.6 Å². The zero-order valence-electron chi connectivity index (χ0n) is 33.0. The average Bonchev–Trinajstić information content (AvgIpc) is 3.92. The van der Waals surface area contributed by atoms with Crippen LogP contribution >= 0.6 is 30.6 Å². The van der Waals surface area contributed by atoms with Gasteiger partial charge in [-0.25, -0.2) is 9.18 Å². The third-order valence-corrected chi connectivity index (χ3v) is 15.6. The molecule has 3 heterocycles. The molecule has 1 N–H and O–H groups in total. The van der Waals surface area contributed by atoms with Crippen LogP contribution in [0.2, 0.25) is 0 Å². The van der Waals surface area contributed by atoms with Crippen molar-refractivity contribution in [3.05, 3.63) is 164 Å². The number of rotatable bonds is 17. The maximum absolute atomic E-state index is 17.2. The molecule has 15 heteroatoms. The number of H-pyrrole nitrogens is 1. The van der Waals surface area contributed by atoms with Crippen LogP contribution in [-0.4, -0.2) is 83.1 Å². The lowest BCUT2D eigenvalue weighted by Crippen LogP contribution is -2.40. The van der Waals surface area contributed by atoms with Gasteiger partial charge in [0.05, 0.1) is 20.8 Å². The Labute approximate surface area is 352 Å². The summed E-state index contributed by atoms with van der Waals surface area (Å²) in [5.41, 5.74) is 0.658. The highest BCUT2D eigenvalue weighted by molar-refractivity contribution is 8.53. The number of aromatic nitrogens is 2. The number of benzene rings is 4. The molecule has 2 aliphatic rings. The van der Waals surface area contributed by atoms with Crippen molar-refractivity contribution < 1.29 is 32.7 Å². The van der Waals surface area contributed by atoms with E-state index in [0.717, 1.165) is 47.2 Å². The normalized spacial score (nSPS) is 20.1. The molecule has 0 radical (unpaired) electrons. The first-order valence-electron chi connectivity index (χ1n) is 19.4. The lowest BCUT2D eigenvalue weighted by Gasteiger charge is -2.37. The zero-order chi connectivity index (χ0) is 41.4. The summed E-state index contributed by atoms with van der Waals surface area (Å²) in [6.07, 6.45) is -2.12. The van der Waals surface area contributed by atoms with Crippen LogP contribution in [0.25, 0.3) is 0 Å². The molecular weight excluding hydrogens is 813 g/mol. The lowest BCUT2D eigenvalue weighted by molar-refractivity contribution is -0.0922. The molecule has 11 nitrogen and oxygen atoms in total. The minimum Gasteiger partial charge on any atom is -0.497 e. The summed E-state index contributed by atoms with van der Waals surface area (Å²) in [6, 6.07) is 34.1. The highest BCUT2D eigenvalue weighted by atomic mass is 32.7. The summed E-state index contributed by atoms with van der Waals surface area (Å²) in [4.78, 5) is 40.7. The predicted molar refractivity (Wildman–Crippen MR) is 231 cm³/mol. The molecule has 4 aromatic carbocycles. The second kappa shape index (κ2) is 19.9. The van der Waals surface area contributed by atoms with E-state index in [1.54, 1.807) is 44.7 Å². The van der Waals surface area contributed by atoms with Crippen LogP contribution in [0.15, 0.2) is 125 Å². The standard InChI is InChI=1S/C44H47FN3O8PS2/c1-30-28-48(43(51)46-40(30)49)41-38(45)39(56-57(47-24-10-11-25-47)59-27-26-58-42(50)31-12-6-4-7-13-31)37(55-41)29-54-44(32-14-8-5-9-15-32,33-16-20-35(52-2)21-17-33)34-18-22-36(53-3)23-19-34/h4-9,12-23,28,37-39,41H,10-11,24-27,29H2,1-3H3,(H,46,49,51)/t37-,38-,39-,41-,57?/m1/s1. The highest BCUT2D eigenvalue weighted by Crippen LogP contribution is 2.58. The molecular formula is C44H47FN3O8PS2. The molecule has 5 aromatic rings. The SMILES string of the molecule is COc1ccc(C(OC[C@H]2O[C@@H](n3cc(C)c(=O)[nH]c3=O)[C@H](F)[C@@H]2OP(SCCSC(=O)c2ccccc2)N2CCCC2)(c2ccccc2)c2ccc(OC)cc2)cc1. The summed E-state index contributed by atoms with van der Waals surface area (Å²) >= 11 is 2.81. The van der Waals surface area contributed by atoms with Crippen LogP contribution in [-0.2, 0) is 19.6 Å². The number of alkyl halides is 1. The second-order valence-corrected chi connectivity index (χ2v) is 18.8. The van der Waals surface area contributed by atoms with Crippen LogP contribution in [0, 0.1) is 6.92 Å². The Balaban J connectivity index is 1.23. The first-order valence-corrected chi connectivity index (χ1v) is 23.2. The van der Waals surface area contributed by atoms with Gasteiger partial charge in [-0.1, -0.05) is 108 Å². The van der Waals surface area contributed by atoms with Gasteiger partial charge in [-0.3, -0.25) is 23.8 Å². The van der Waals surface area contributed by atoms with Gasteiger partial charge >= 0.3 is 5.69 Å². The second-order valence-electron chi connectivity index (χ2n) is 14.1. The highest BCUT2D eigenvalue weighted by Gasteiger charge is 2.51. The van der Waals surface area contributed by atoms with Crippen LogP contribution in [0.5, 0.6) is 11.5 Å². The van der Waals surface area contributed by atoms with Gasteiger partial charge in [0.15, 0.2) is 19.9 Å². The molecule has 2 saturated heterocycles. The molecule has 0 spiro atoms. The van der Waals surface area contributed by atoms with Crippen molar-refractivity contribution in [2.24, 2.45) is 0 Å². The Bertz CT molecular complexity index is 2210. The van der Waals surface area contributed by atoms with Gasteiger partial charge in [-0.2, -0.15) is 0 Å². The van der Waals surface area contributed by atoms with Gasteiger partial charge in [0.2, 0.25) is 5.12 Å². The number of carbonyl (C=O) groups excluding carboxylic acids is 1. The number of thioether (sulfide) groups is 1. The Morgan fingerprint density at radius 3 is 2.02 bits per heavy atom. The van der Waals surface area contributed by atoms with E-state index in [2.05, 4.69) is 9.65 Å².